The van der Waals surface area contributed by atoms with Crippen molar-refractivity contribution in [3.8, 4) is 56.3 Å². The summed E-state index contributed by atoms with van der Waals surface area (Å²) in [7, 11) is 6.37. The minimum Gasteiger partial charge on any atom is -0.497 e. The summed E-state index contributed by atoms with van der Waals surface area (Å²) in [6.07, 6.45) is 0. The van der Waals surface area contributed by atoms with E-state index in [1.807, 2.05) is 42.5 Å². The molecule has 0 aliphatic heterocycles. The molecule has 0 aliphatic carbocycles. The molecule has 33 heavy (non-hydrogen) atoms. The lowest BCUT2D eigenvalue weighted by molar-refractivity contribution is 0.324. The Balaban J connectivity index is 1.52. The van der Waals surface area contributed by atoms with Gasteiger partial charge in [0.1, 0.15) is 16.5 Å². The number of benzene rings is 2. The van der Waals surface area contributed by atoms with Crippen LogP contribution in [0.1, 0.15) is 0 Å². The van der Waals surface area contributed by atoms with E-state index in [-0.39, 0.29) is 0 Å². The topological polar surface area (TPSA) is 109 Å². The minimum atomic E-state index is 0.524. The molecular weight excluding hydrogens is 444 g/mol. The Hall–Kier alpha value is -4.12. The molecular formula is C22H20N6O4S. The fraction of sp³-hybridized carbons (Fsp3) is 0.182. The van der Waals surface area contributed by atoms with Gasteiger partial charge in [0.15, 0.2) is 11.5 Å². The average Bonchev–Trinajstić information content (AvgIpc) is 3.59. The summed E-state index contributed by atoms with van der Waals surface area (Å²) in [4.78, 5) is 0.648. The quantitative estimate of drug-likeness (QED) is 0.386. The van der Waals surface area contributed by atoms with Gasteiger partial charge in [0.05, 0.1) is 34.1 Å². The number of methoxy groups -OCH3 is 4. The van der Waals surface area contributed by atoms with Gasteiger partial charge in [-0.05, 0) is 42.5 Å². The highest BCUT2D eigenvalue weighted by atomic mass is 32.1. The van der Waals surface area contributed by atoms with Crippen LogP contribution < -0.4 is 18.9 Å². The highest BCUT2D eigenvalue weighted by Crippen LogP contribution is 2.42. The Morgan fingerprint density at radius 1 is 0.818 bits per heavy atom. The Morgan fingerprint density at radius 2 is 1.55 bits per heavy atom. The van der Waals surface area contributed by atoms with E-state index in [0.717, 1.165) is 27.6 Å². The van der Waals surface area contributed by atoms with Crippen LogP contribution in [0.3, 0.4) is 0 Å². The summed E-state index contributed by atoms with van der Waals surface area (Å²) < 4.78 is 23.2. The van der Waals surface area contributed by atoms with Crippen LogP contribution in [0.4, 0.5) is 0 Å². The third-order valence-corrected chi connectivity index (χ3v) is 6.05. The second kappa shape index (κ2) is 8.43. The highest BCUT2D eigenvalue weighted by molar-refractivity contribution is 7.19. The molecule has 3 heterocycles. The van der Waals surface area contributed by atoms with Crippen molar-refractivity contribution in [2.45, 2.75) is 0 Å². The molecule has 0 radical (unpaired) electrons. The number of ether oxygens (including phenoxy) is 4. The van der Waals surface area contributed by atoms with Crippen LogP contribution in [0.15, 0.2) is 42.5 Å². The number of H-pyrrole nitrogens is 1. The number of hydrogen-bond donors (Lipinski definition) is 1. The largest absolute Gasteiger partial charge is 0.497 e. The third kappa shape index (κ3) is 3.61. The molecule has 168 valence electrons. The van der Waals surface area contributed by atoms with Crippen molar-refractivity contribution in [3.05, 3.63) is 42.5 Å². The lowest BCUT2D eigenvalue weighted by atomic mass is 10.1. The van der Waals surface area contributed by atoms with E-state index in [4.69, 9.17) is 24.0 Å². The van der Waals surface area contributed by atoms with Crippen molar-refractivity contribution >= 4 is 16.3 Å². The monoisotopic (exact) mass is 464 g/mol. The summed E-state index contributed by atoms with van der Waals surface area (Å²) in [5.74, 6) is 2.98. The second-order valence-electron chi connectivity index (χ2n) is 6.93. The second-order valence-corrected chi connectivity index (χ2v) is 7.89. The molecule has 0 unspecified atom stereocenters. The van der Waals surface area contributed by atoms with Crippen molar-refractivity contribution in [1.82, 2.24) is 30.0 Å². The molecule has 5 rings (SSSR count). The van der Waals surface area contributed by atoms with Gasteiger partial charge >= 0.3 is 0 Å². The van der Waals surface area contributed by atoms with Crippen LogP contribution in [0.5, 0.6) is 23.0 Å². The van der Waals surface area contributed by atoms with Gasteiger partial charge in [-0.15, -0.1) is 10.2 Å². The number of rotatable bonds is 7. The number of fused-ring (bicyclic) bond motifs is 1. The van der Waals surface area contributed by atoms with Gasteiger partial charge in [-0.25, -0.2) is 0 Å². The Kier molecular flexibility index (Phi) is 5.31. The maximum Gasteiger partial charge on any atom is 0.235 e. The normalized spacial score (nSPS) is 11.0. The number of aromatic amines is 1. The van der Waals surface area contributed by atoms with Crippen LogP contribution in [0.25, 0.3) is 38.3 Å². The van der Waals surface area contributed by atoms with E-state index in [1.54, 1.807) is 33.0 Å². The smallest absolute Gasteiger partial charge is 0.235 e. The number of hydrogen-bond acceptors (Lipinski definition) is 9. The van der Waals surface area contributed by atoms with Gasteiger partial charge in [0.25, 0.3) is 0 Å². The van der Waals surface area contributed by atoms with Gasteiger partial charge in [-0.3, -0.25) is 5.10 Å². The standard InChI is InChI=1S/C22H20N6O4S/c1-29-14-7-5-12(6-8-14)15-11-16(24-23-15)20-25-26-22-28(20)27-21(33-22)13-9-17(30-2)19(32-4)18(10-13)31-3/h5-11H,1-4H3,(H,23,24). The lowest BCUT2D eigenvalue weighted by Crippen LogP contribution is -1.96. The van der Waals surface area contributed by atoms with Gasteiger partial charge < -0.3 is 18.9 Å². The molecule has 5 aromatic rings. The zero-order valence-electron chi connectivity index (χ0n) is 18.3. The minimum absolute atomic E-state index is 0.524. The Morgan fingerprint density at radius 3 is 2.18 bits per heavy atom. The zero-order chi connectivity index (χ0) is 22.9. The number of nitrogens with zero attached hydrogens (tertiary/aromatic N) is 5. The molecule has 0 atom stereocenters. The first-order valence-electron chi connectivity index (χ1n) is 9.88. The molecule has 0 saturated carbocycles. The van der Waals surface area contributed by atoms with Crippen LogP contribution >= 0.6 is 11.3 Å². The molecule has 2 aromatic carbocycles. The predicted molar refractivity (Wildman–Crippen MR) is 123 cm³/mol. The first-order chi connectivity index (χ1) is 16.1. The predicted octanol–water partition coefficient (Wildman–Crippen LogP) is 3.94. The molecule has 0 aliphatic rings. The van der Waals surface area contributed by atoms with E-state index in [2.05, 4.69) is 20.4 Å². The fourth-order valence-corrected chi connectivity index (χ4v) is 4.28. The Labute approximate surface area is 192 Å². The van der Waals surface area contributed by atoms with Crippen LogP contribution in [-0.4, -0.2) is 58.4 Å². The summed E-state index contributed by atoms with van der Waals surface area (Å²) in [5, 5.41) is 21.5. The zero-order valence-corrected chi connectivity index (χ0v) is 19.1. The van der Waals surface area contributed by atoms with Gasteiger partial charge in [-0.2, -0.15) is 14.7 Å². The van der Waals surface area contributed by atoms with Crippen molar-refractivity contribution in [2.75, 3.05) is 28.4 Å². The summed E-state index contributed by atoms with van der Waals surface area (Å²) in [5.41, 5.74) is 3.25. The molecule has 10 nitrogen and oxygen atoms in total. The maximum absolute atomic E-state index is 5.46. The van der Waals surface area contributed by atoms with Gasteiger partial charge in [0.2, 0.25) is 16.5 Å². The van der Waals surface area contributed by atoms with Crippen molar-refractivity contribution in [2.24, 2.45) is 0 Å². The van der Waals surface area contributed by atoms with Crippen molar-refractivity contribution in [3.63, 3.8) is 0 Å². The average molecular weight is 465 g/mol. The first-order valence-corrected chi connectivity index (χ1v) is 10.7. The van der Waals surface area contributed by atoms with E-state index in [0.29, 0.717) is 33.7 Å². The van der Waals surface area contributed by atoms with E-state index in [1.165, 1.54) is 11.3 Å². The van der Waals surface area contributed by atoms with E-state index in [9.17, 15) is 0 Å². The van der Waals surface area contributed by atoms with Crippen LogP contribution in [0, 0.1) is 0 Å². The van der Waals surface area contributed by atoms with Crippen LogP contribution in [0.2, 0.25) is 0 Å². The van der Waals surface area contributed by atoms with E-state index >= 15 is 0 Å². The summed E-state index contributed by atoms with van der Waals surface area (Å²) in [6, 6.07) is 13.3. The number of aromatic nitrogens is 6. The molecule has 0 fully saturated rings. The lowest BCUT2D eigenvalue weighted by Gasteiger charge is -2.13. The van der Waals surface area contributed by atoms with Crippen molar-refractivity contribution < 1.29 is 18.9 Å². The summed E-state index contributed by atoms with van der Waals surface area (Å²) >= 11 is 1.40. The van der Waals surface area contributed by atoms with Gasteiger partial charge in [-0.1, -0.05) is 11.3 Å². The fourth-order valence-electron chi connectivity index (χ4n) is 3.45. The molecule has 0 saturated heterocycles. The third-order valence-electron chi connectivity index (χ3n) is 5.11. The molecule has 1 N–H and O–H groups in total. The van der Waals surface area contributed by atoms with Gasteiger partial charge in [0, 0.05) is 11.1 Å². The Bertz CT molecular complexity index is 1400. The SMILES string of the molecule is COc1ccc(-c2cc(-c3nnc4sc(-c5cc(OC)c(OC)c(OC)c5)nn34)[nH]n2)cc1. The maximum atomic E-state index is 5.46. The molecule has 11 heteroatoms. The molecule has 0 spiro atoms. The molecule has 0 bridgehead atoms. The van der Waals surface area contributed by atoms with E-state index < -0.39 is 0 Å². The molecule has 0 amide bonds. The van der Waals surface area contributed by atoms with Crippen LogP contribution in [-0.2, 0) is 0 Å². The highest BCUT2D eigenvalue weighted by Gasteiger charge is 2.20. The first kappa shape index (κ1) is 20.8. The summed E-state index contributed by atoms with van der Waals surface area (Å²) in [6.45, 7) is 0. The van der Waals surface area contributed by atoms with Crippen molar-refractivity contribution in [1.29, 1.82) is 0 Å². The number of nitrogens with one attached hydrogen (secondary N) is 1. The molecule has 3 aromatic heterocycles.